The molecule has 6 rings (SSSR count). The van der Waals surface area contributed by atoms with Crippen LogP contribution in [-0.4, -0.2) is 91.8 Å². The molecule has 2 N–H and O–H groups in total. The van der Waals surface area contributed by atoms with Crippen molar-refractivity contribution >= 4 is 34.9 Å². The summed E-state index contributed by atoms with van der Waals surface area (Å²) in [5.41, 5.74) is 0.886. The number of terminal acetylenes is 1. The van der Waals surface area contributed by atoms with E-state index in [-0.39, 0.29) is 57.4 Å². The Morgan fingerprint density at radius 2 is 2.04 bits per heavy atom. The number of fused-ring (bicyclic) bond motifs is 1. The number of alkyl halides is 2. The number of anilines is 1. The SMILES string of the molecule is C#CC(C)(C)CNC1CCN(C(=O)Cn2cc(NC(=O)c3cnn4cccnc34)c(-c3cc(SC4COC4)ccc3OC(F)F)n2)CC1. The van der Waals surface area contributed by atoms with Crippen molar-refractivity contribution in [2.75, 3.05) is 38.2 Å². The summed E-state index contributed by atoms with van der Waals surface area (Å²) in [4.78, 5) is 33.8. The van der Waals surface area contributed by atoms with Crippen molar-refractivity contribution in [1.29, 1.82) is 0 Å². The number of amides is 2. The molecule has 15 heteroatoms. The molecular formula is C33H36F2N8O4S. The molecule has 0 spiro atoms. The first-order valence-electron chi connectivity index (χ1n) is 15.6. The van der Waals surface area contributed by atoms with Crippen LogP contribution in [0.2, 0.25) is 0 Å². The molecule has 3 aromatic heterocycles. The molecule has 12 nitrogen and oxygen atoms in total. The maximum Gasteiger partial charge on any atom is 0.387 e. The molecule has 1 aromatic carbocycles. The molecule has 2 fully saturated rings. The van der Waals surface area contributed by atoms with Crippen LogP contribution >= 0.6 is 11.8 Å². The van der Waals surface area contributed by atoms with E-state index in [1.54, 1.807) is 47.3 Å². The summed E-state index contributed by atoms with van der Waals surface area (Å²) in [5, 5.41) is 15.4. The number of hydrogen-bond acceptors (Lipinski definition) is 9. The lowest BCUT2D eigenvalue weighted by Gasteiger charge is -2.33. The first kappa shape index (κ1) is 33.4. The molecule has 4 aromatic rings. The van der Waals surface area contributed by atoms with Gasteiger partial charge in [-0.15, -0.1) is 18.2 Å². The monoisotopic (exact) mass is 678 g/mol. The summed E-state index contributed by atoms with van der Waals surface area (Å²) >= 11 is 1.54. The number of carbonyl (C=O) groups is 2. The van der Waals surface area contributed by atoms with Crippen LogP contribution < -0.4 is 15.4 Å². The summed E-state index contributed by atoms with van der Waals surface area (Å²) in [6, 6.07) is 6.78. The Labute approximate surface area is 280 Å². The Hall–Kier alpha value is -4.52. The zero-order valence-corrected chi connectivity index (χ0v) is 27.4. The number of ether oxygens (including phenoxy) is 2. The number of aromatic nitrogens is 5. The minimum atomic E-state index is -3.09. The number of thioether (sulfide) groups is 1. The highest BCUT2D eigenvalue weighted by molar-refractivity contribution is 8.00. The second-order valence-electron chi connectivity index (χ2n) is 12.4. The summed E-state index contributed by atoms with van der Waals surface area (Å²) in [6.07, 6.45) is 13.3. The number of nitrogens with zero attached hydrogens (tertiary/aromatic N) is 6. The van der Waals surface area contributed by atoms with Gasteiger partial charge in [-0.25, -0.2) is 9.50 Å². The van der Waals surface area contributed by atoms with Crippen molar-refractivity contribution in [3.05, 3.63) is 54.6 Å². The van der Waals surface area contributed by atoms with Crippen LogP contribution in [0, 0.1) is 17.8 Å². The lowest BCUT2D eigenvalue weighted by Crippen LogP contribution is -2.47. The van der Waals surface area contributed by atoms with Crippen molar-refractivity contribution in [2.45, 2.75) is 56.0 Å². The van der Waals surface area contributed by atoms with E-state index in [1.165, 1.54) is 27.7 Å². The molecule has 5 heterocycles. The fourth-order valence-corrected chi connectivity index (χ4v) is 6.48. The van der Waals surface area contributed by atoms with E-state index in [0.717, 1.165) is 17.7 Å². The fourth-order valence-electron chi connectivity index (χ4n) is 5.43. The number of carbonyl (C=O) groups excluding carboxylic acids is 2. The molecular weight excluding hydrogens is 642 g/mol. The van der Waals surface area contributed by atoms with Crippen molar-refractivity contribution in [2.24, 2.45) is 5.41 Å². The van der Waals surface area contributed by atoms with E-state index in [4.69, 9.17) is 15.9 Å². The van der Waals surface area contributed by atoms with Gasteiger partial charge < -0.3 is 25.0 Å². The van der Waals surface area contributed by atoms with Gasteiger partial charge in [-0.1, -0.05) is 5.92 Å². The van der Waals surface area contributed by atoms with Gasteiger partial charge >= 0.3 is 6.61 Å². The lowest BCUT2D eigenvalue weighted by molar-refractivity contribution is -0.133. The number of rotatable bonds is 12. The molecule has 0 bridgehead atoms. The fraction of sp³-hybridized carbons (Fsp3) is 0.424. The Morgan fingerprint density at radius 1 is 1.25 bits per heavy atom. The van der Waals surface area contributed by atoms with Gasteiger partial charge in [-0.2, -0.15) is 19.0 Å². The van der Waals surface area contributed by atoms with Gasteiger partial charge in [0.25, 0.3) is 5.91 Å². The number of hydrogen-bond donors (Lipinski definition) is 2. The summed E-state index contributed by atoms with van der Waals surface area (Å²) in [7, 11) is 0. The van der Waals surface area contributed by atoms with Crippen LogP contribution in [-0.2, 0) is 16.1 Å². The maximum atomic E-state index is 13.6. The first-order valence-corrected chi connectivity index (χ1v) is 16.5. The number of nitrogens with one attached hydrogen (secondary N) is 2. The zero-order valence-electron chi connectivity index (χ0n) is 26.6. The molecule has 252 valence electrons. The summed E-state index contributed by atoms with van der Waals surface area (Å²) in [5.74, 6) is 1.98. The third-order valence-corrected chi connectivity index (χ3v) is 9.37. The Kier molecular flexibility index (Phi) is 9.95. The Bertz CT molecular complexity index is 1830. The topological polar surface area (TPSA) is 128 Å². The van der Waals surface area contributed by atoms with Crippen molar-refractivity contribution < 1.29 is 27.8 Å². The zero-order chi connectivity index (χ0) is 33.8. The van der Waals surface area contributed by atoms with Crippen LogP contribution in [0.5, 0.6) is 5.75 Å². The van der Waals surface area contributed by atoms with Crippen LogP contribution in [0.1, 0.15) is 37.0 Å². The molecule has 0 unspecified atom stereocenters. The molecule has 48 heavy (non-hydrogen) atoms. The standard InChI is InChI=1S/C33H36F2N8O4S/c1-4-33(2,3)20-37-21-8-12-41(13-9-21)28(44)17-42-16-26(39-31(45)25-15-38-43-11-5-10-36-30(25)43)29(40-42)24-14-22(48-23-18-46-19-23)6-7-27(24)47-32(34)35/h1,5-7,10-11,14-16,21,23,32,37H,8-9,12-13,17-20H2,2-3H3,(H,39,45). The van der Waals surface area contributed by atoms with Gasteiger partial charge in [0.05, 0.1) is 30.3 Å². The lowest BCUT2D eigenvalue weighted by atomic mass is 9.93. The highest BCUT2D eigenvalue weighted by Crippen LogP contribution is 2.39. The first-order chi connectivity index (χ1) is 23.1. The third-order valence-electron chi connectivity index (χ3n) is 8.23. The highest BCUT2D eigenvalue weighted by Gasteiger charge is 2.27. The number of halogens is 2. The van der Waals surface area contributed by atoms with Gasteiger partial charge in [0.2, 0.25) is 5.91 Å². The molecule has 0 saturated carbocycles. The van der Waals surface area contributed by atoms with E-state index in [0.29, 0.717) is 38.5 Å². The highest BCUT2D eigenvalue weighted by atomic mass is 32.2. The van der Waals surface area contributed by atoms with Crippen molar-refractivity contribution in [3.8, 4) is 29.4 Å². The second-order valence-corrected chi connectivity index (χ2v) is 13.7. The molecule has 0 radical (unpaired) electrons. The number of benzene rings is 1. The van der Waals surface area contributed by atoms with E-state index >= 15 is 0 Å². The van der Waals surface area contributed by atoms with E-state index < -0.39 is 12.5 Å². The number of piperidine rings is 1. The van der Waals surface area contributed by atoms with Gasteiger partial charge in [0.1, 0.15) is 23.6 Å². The second kappa shape index (κ2) is 14.3. The predicted octanol–water partition coefficient (Wildman–Crippen LogP) is 4.18. The molecule has 0 atom stereocenters. The van der Waals surface area contributed by atoms with Crippen LogP contribution in [0.4, 0.5) is 14.5 Å². The van der Waals surface area contributed by atoms with Crippen LogP contribution in [0.25, 0.3) is 16.9 Å². The molecule has 2 aliphatic rings. The van der Waals surface area contributed by atoms with Gasteiger partial charge in [0, 0.05) is 60.1 Å². The smallest absolute Gasteiger partial charge is 0.387 e. The minimum Gasteiger partial charge on any atom is -0.434 e. The summed E-state index contributed by atoms with van der Waals surface area (Å²) < 4.78 is 40.2. The average Bonchev–Trinajstić information content (AvgIpc) is 3.66. The van der Waals surface area contributed by atoms with Gasteiger partial charge in [0.15, 0.2) is 5.65 Å². The predicted molar refractivity (Wildman–Crippen MR) is 176 cm³/mol. The Balaban J connectivity index is 1.26. The summed E-state index contributed by atoms with van der Waals surface area (Å²) in [6.45, 7) is 3.75. The molecule has 2 aliphatic heterocycles. The van der Waals surface area contributed by atoms with Crippen molar-refractivity contribution in [3.63, 3.8) is 0 Å². The average molecular weight is 679 g/mol. The van der Waals surface area contributed by atoms with Gasteiger partial charge in [-0.3, -0.25) is 14.3 Å². The van der Waals surface area contributed by atoms with E-state index in [2.05, 4.69) is 31.7 Å². The van der Waals surface area contributed by atoms with Crippen LogP contribution in [0.15, 0.2) is 53.9 Å². The molecule has 0 aliphatic carbocycles. The van der Waals surface area contributed by atoms with Crippen molar-refractivity contribution in [1.82, 2.24) is 34.6 Å². The van der Waals surface area contributed by atoms with E-state index in [9.17, 15) is 18.4 Å². The van der Waals surface area contributed by atoms with Crippen LogP contribution in [0.3, 0.4) is 0 Å². The van der Waals surface area contributed by atoms with Gasteiger partial charge in [-0.05, 0) is 51.0 Å². The largest absolute Gasteiger partial charge is 0.434 e. The normalized spacial score (nSPS) is 15.8. The minimum absolute atomic E-state index is 0.119. The van der Waals surface area contributed by atoms with E-state index in [1.807, 2.05) is 13.8 Å². The molecule has 2 saturated heterocycles. The third kappa shape index (κ3) is 7.78. The maximum absolute atomic E-state index is 13.6. The number of likely N-dealkylation sites (tertiary alicyclic amines) is 1. The Morgan fingerprint density at radius 3 is 2.75 bits per heavy atom. The molecule has 2 amide bonds. The quantitative estimate of drug-likeness (QED) is 0.212.